The van der Waals surface area contributed by atoms with E-state index in [0.29, 0.717) is 17.0 Å². The van der Waals surface area contributed by atoms with E-state index < -0.39 is 21.4 Å². The van der Waals surface area contributed by atoms with Crippen molar-refractivity contribution in [2.45, 2.75) is 12.5 Å². The average molecular weight is 493 g/mol. The number of benzene rings is 1. The summed E-state index contributed by atoms with van der Waals surface area (Å²) in [5, 5.41) is 14.8. The number of halogens is 2. The number of pyridine rings is 2. The second kappa shape index (κ2) is 7.17. The topological polar surface area (TPSA) is 111 Å². The monoisotopic (exact) mass is 492 g/mol. The molecule has 1 fully saturated rings. The van der Waals surface area contributed by atoms with Crippen molar-refractivity contribution in [3.8, 4) is 0 Å². The number of rotatable bonds is 3. The summed E-state index contributed by atoms with van der Waals surface area (Å²) in [6.07, 6.45) is 3.29. The van der Waals surface area contributed by atoms with Gasteiger partial charge in [0.1, 0.15) is 11.3 Å². The summed E-state index contributed by atoms with van der Waals surface area (Å²) in [6, 6.07) is 8.06. The summed E-state index contributed by atoms with van der Waals surface area (Å²) in [4.78, 5) is 8.71. The zero-order chi connectivity index (χ0) is 21.7. The minimum absolute atomic E-state index is 0.130. The number of sulfonamides is 1. The molecule has 1 saturated heterocycles. The van der Waals surface area contributed by atoms with Gasteiger partial charge >= 0.3 is 0 Å². The lowest BCUT2D eigenvalue weighted by atomic mass is 9.93. The highest BCUT2D eigenvalue weighted by Gasteiger charge is 2.43. The summed E-state index contributed by atoms with van der Waals surface area (Å²) in [6.45, 7) is 1.56. The normalized spacial score (nSPS) is 20.8. The summed E-state index contributed by atoms with van der Waals surface area (Å²) in [5.41, 5.74) is -0.0223. The first-order chi connectivity index (χ1) is 14.1. The van der Waals surface area contributed by atoms with Crippen LogP contribution in [0.15, 0.2) is 47.2 Å². The second-order valence-electron chi connectivity index (χ2n) is 7.23. The van der Waals surface area contributed by atoms with Crippen LogP contribution in [0, 0.1) is 11.2 Å². The minimum Gasteiger partial charge on any atom is -0.345 e. The van der Waals surface area contributed by atoms with Crippen LogP contribution >= 0.6 is 15.9 Å². The molecule has 1 aliphatic rings. The standard InChI is InChI=1S/C19H18BrFN6O2S/c1-19(10-30(28,29)27(2)18(22)26-19)14-8-13(3-4-15(14)21)25-17-16-11(5-6-23-17)7-12(20)9-24-16/h3-9H,10H2,1-2H3,(H2,22,26)(H,23,25)/t19-/m0/s1. The van der Waals surface area contributed by atoms with E-state index in [2.05, 4.69) is 36.5 Å². The van der Waals surface area contributed by atoms with Gasteiger partial charge < -0.3 is 10.6 Å². The maximum atomic E-state index is 14.7. The van der Waals surface area contributed by atoms with Gasteiger partial charge in [0.25, 0.3) is 0 Å². The number of aromatic nitrogens is 2. The molecule has 1 aromatic carbocycles. The van der Waals surface area contributed by atoms with Crippen molar-refractivity contribution in [3.63, 3.8) is 0 Å². The van der Waals surface area contributed by atoms with Crippen LogP contribution in [0.3, 0.4) is 0 Å². The van der Waals surface area contributed by atoms with Crippen LogP contribution in [0.2, 0.25) is 0 Å². The first-order valence-electron chi connectivity index (χ1n) is 8.90. The van der Waals surface area contributed by atoms with Crippen molar-refractivity contribution in [1.29, 1.82) is 5.41 Å². The Labute approximate surface area is 181 Å². The van der Waals surface area contributed by atoms with Crippen molar-refractivity contribution in [3.05, 3.63) is 58.6 Å². The number of nitrogens with zero attached hydrogens (tertiary/aromatic N) is 3. The Balaban J connectivity index is 1.74. The molecule has 30 heavy (non-hydrogen) atoms. The van der Waals surface area contributed by atoms with Gasteiger partial charge in [0, 0.05) is 40.6 Å². The summed E-state index contributed by atoms with van der Waals surface area (Å²) >= 11 is 3.39. The molecule has 11 heteroatoms. The van der Waals surface area contributed by atoms with E-state index in [0.717, 1.165) is 14.2 Å². The van der Waals surface area contributed by atoms with Crippen molar-refractivity contribution in [1.82, 2.24) is 19.6 Å². The van der Waals surface area contributed by atoms with E-state index in [-0.39, 0.29) is 17.3 Å². The molecule has 1 atom stereocenters. The smallest absolute Gasteiger partial charge is 0.239 e. The van der Waals surface area contributed by atoms with Crippen molar-refractivity contribution >= 4 is 54.3 Å². The van der Waals surface area contributed by atoms with Crippen molar-refractivity contribution < 1.29 is 12.8 Å². The third-order valence-corrected chi connectivity index (χ3v) is 7.38. The molecule has 0 spiro atoms. The van der Waals surface area contributed by atoms with E-state index in [1.54, 1.807) is 19.3 Å². The minimum atomic E-state index is -3.76. The van der Waals surface area contributed by atoms with E-state index >= 15 is 0 Å². The van der Waals surface area contributed by atoms with Crippen molar-refractivity contribution in [2.24, 2.45) is 0 Å². The Morgan fingerprint density at radius 3 is 2.80 bits per heavy atom. The summed E-state index contributed by atoms with van der Waals surface area (Å²) in [7, 11) is -2.47. The molecule has 0 aliphatic carbocycles. The highest BCUT2D eigenvalue weighted by Crippen LogP contribution is 2.33. The molecule has 1 aliphatic heterocycles. The number of hydrogen-bond donors (Lipinski definition) is 3. The molecular formula is C19H18BrFN6O2S. The number of guanidine groups is 1. The fourth-order valence-electron chi connectivity index (χ4n) is 3.41. The third kappa shape index (κ3) is 3.58. The highest BCUT2D eigenvalue weighted by atomic mass is 79.9. The van der Waals surface area contributed by atoms with Crippen LogP contribution in [0.5, 0.6) is 0 Å². The van der Waals surface area contributed by atoms with Crippen LogP contribution < -0.4 is 10.6 Å². The van der Waals surface area contributed by atoms with Gasteiger partial charge in [0.15, 0.2) is 5.82 Å². The zero-order valence-corrected chi connectivity index (χ0v) is 18.5. The Kier molecular flexibility index (Phi) is 4.89. The van der Waals surface area contributed by atoms with E-state index in [1.165, 1.54) is 25.2 Å². The second-order valence-corrected chi connectivity index (χ2v) is 10.1. The predicted octanol–water partition coefficient (Wildman–Crippen LogP) is 3.29. The van der Waals surface area contributed by atoms with Gasteiger partial charge in [-0.1, -0.05) is 0 Å². The lowest BCUT2D eigenvalue weighted by Crippen LogP contribution is -2.61. The van der Waals surface area contributed by atoms with E-state index in [1.807, 2.05) is 12.1 Å². The molecule has 3 heterocycles. The molecule has 0 amide bonds. The largest absolute Gasteiger partial charge is 0.345 e. The predicted molar refractivity (Wildman–Crippen MR) is 117 cm³/mol. The zero-order valence-electron chi connectivity index (χ0n) is 16.1. The molecule has 0 unspecified atom stereocenters. The highest BCUT2D eigenvalue weighted by molar-refractivity contribution is 9.10. The SMILES string of the molecule is CN1C(=N)N[C@](C)(c2cc(Nc3nccc4cc(Br)cnc34)ccc2F)CS1(=O)=O. The van der Waals surface area contributed by atoms with E-state index in [9.17, 15) is 12.8 Å². The van der Waals surface area contributed by atoms with E-state index in [4.69, 9.17) is 5.41 Å². The number of nitrogens with one attached hydrogen (secondary N) is 3. The first kappa shape index (κ1) is 20.5. The number of hydrogen-bond acceptors (Lipinski definition) is 6. The average Bonchev–Trinajstić information content (AvgIpc) is 2.67. The van der Waals surface area contributed by atoms with Crippen LogP contribution in [0.1, 0.15) is 12.5 Å². The van der Waals surface area contributed by atoms with Gasteiger partial charge in [0.2, 0.25) is 16.0 Å². The Bertz CT molecular complexity index is 1290. The van der Waals surface area contributed by atoms with Crippen molar-refractivity contribution in [2.75, 3.05) is 18.1 Å². The summed E-state index contributed by atoms with van der Waals surface area (Å²) < 4.78 is 41.3. The van der Waals surface area contributed by atoms with Crippen LogP contribution in [-0.4, -0.2) is 41.5 Å². The Morgan fingerprint density at radius 1 is 1.30 bits per heavy atom. The third-order valence-electron chi connectivity index (χ3n) is 4.99. The molecule has 3 aromatic rings. The van der Waals surface area contributed by atoms with Crippen LogP contribution in [0.25, 0.3) is 10.9 Å². The molecule has 8 nitrogen and oxygen atoms in total. The number of anilines is 2. The maximum absolute atomic E-state index is 14.7. The molecule has 3 N–H and O–H groups in total. The maximum Gasteiger partial charge on any atom is 0.239 e. The van der Waals surface area contributed by atoms with Crippen LogP contribution in [0.4, 0.5) is 15.9 Å². The lowest BCUT2D eigenvalue weighted by molar-refractivity contribution is 0.403. The van der Waals surface area contributed by atoms with Gasteiger partial charge in [0.05, 0.1) is 11.3 Å². The Morgan fingerprint density at radius 2 is 2.07 bits per heavy atom. The van der Waals surface area contributed by atoms with Gasteiger partial charge in [-0.2, -0.15) is 0 Å². The van der Waals surface area contributed by atoms with Gasteiger partial charge in [-0.3, -0.25) is 10.4 Å². The molecule has 2 aromatic heterocycles. The fraction of sp³-hybridized carbons (Fsp3) is 0.211. The van der Waals surface area contributed by atoms with Gasteiger partial charge in [-0.15, -0.1) is 0 Å². The lowest BCUT2D eigenvalue weighted by Gasteiger charge is -2.40. The molecule has 156 valence electrons. The molecule has 0 saturated carbocycles. The summed E-state index contributed by atoms with van der Waals surface area (Å²) in [5.74, 6) is -0.788. The van der Waals surface area contributed by atoms with Crippen LogP contribution in [-0.2, 0) is 15.6 Å². The molecule has 0 radical (unpaired) electrons. The molecule has 4 rings (SSSR count). The fourth-order valence-corrected chi connectivity index (χ4v) is 5.23. The Hall–Kier alpha value is -2.79. The molecule has 0 bridgehead atoms. The number of fused-ring (bicyclic) bond motifs is 1. The first-order valence-corrected chi connectivity index (χ1v) is 11.3. The molecular weight excluding hydrogens is 475 g/mol. The van der Waals surface area contributed by atoms with Gasteiger partial charge in [-0.05, 0) is 53.2 Å². The van der Waals surface area contributed by atoms with Gasteiger partial charge in [-0.25, -0.2) is 22.1 Å². The quantitative estimate of drug-likeness (QED) is 0.517.